The van der Waals surface area contributed by atoms with E-state index in [1.807, 2.05) is 0 Å². The van der Waals surface area contributed by atoms with Gasteiger partial charge >= 0.3 is 0 Å². The summed E-state index contributed by atoms with van der Waals surface area (Å²) in [6, 6.07) is 0. The molecule has 0 radical (unpaired) electrons. The number of unbranched alkanes of at least 4 members (excludes halogenated alkanes) is 2. The van der Waals surface area contributed by atoms with Crippen LogP contribution in [0.2, 0.25) is 0 Å². The lowest BCUT2D eigenvalue weighted by Gasteiger charge is -1.82. The molecule has 0 aliphatic carbocycles. The highest BCUT2D eigenvalue weighted by molar-refractivity contribution is 5.18. The minimum atomic E-state index is 0.157. The molecule has 1 aliphatic rings. The average Bonchev–Trinajstić information content (AvgIpc) is 2.77. The lowest BCUT2D eigenvalue weighted by atomic mass is 10.2. The van der Waals surface area contributed by atoms with Gasteiger partial charge in [-0.3, -0.25) is 0 Å². The number of ether oxygens (including phenoxy) is 1. The summed E-state index contributed by atoms with van der Waals surface area (Å²) in [5.74, 6) is 6.14. The van der Waals surface area contributed by atoms with E-state index in [1.165, 1.54) is 12.8 Å². The Hall–Kier alpha value is -0.740. The van der Waals surface area contributed by atoms with Crippen LogP contribution < -0.4 is 0 Å². The van der Waals surface area contributed by atoms with Gasteiger partial charge in [-0.25, -0.2) is 0 Å². The predicted molar refractivity (Wildman–Crippen MR) is 46.2 cm³/mol. The van der Waals surface area contributed by atoms with E-state index in [1.54, 1.807) is 6.08 Å². The zero-order valence-corrected chi connectivity index (χ0v) is 6.97. The summed E-state index contributed by atoms with van der Waals surface area (Å²) >= 11 is 0. The lowest BCUT2D eigenvalue weighted by molar-refractivity contribution is 0.417. The number of hydrogen-bond donors (Lipinski definition) is 0. The van der Waals surface area contributed by atoms with Crippen LogP contribution in [0.25, 0.3) is 0 Å². The fraction of sp³-hybridized carbons (Fsp3) is 0.600. The molecule has 0 aromatic heterocycles. The summed E-state index contributed by atoms with van der Waals surface area (Å²) in [6.07, 6.45) is 5.58. The van der Waals surface area contributed by atoms with Crippen molar-refractivity contribution in [2.45, 2.75) is 38.4 Å². The van der Waals surface area contributed by atoms with Crippen molar-refractivity contribution in [1.29, 1.82) is 0 Å². The van der Waals surface area contributed by atoms with Crippen LogP contribution in [0.15, 0.2) is 12.7 Å². The van der Waals surface area contributed by atoms with Crippen molar-refractivity contribution in [1.82, 2.24) is 0 Å². The minimum Gasteiger partial charge on any atom is -0.351 e. The first-order valence-electron chi connectivity index (χ1n) is 4.15. The Morgan fingerprint density at radius 1 is 1.64 bits per heavy atom. The molecule has 0 saturated carbocycles. The summed E-state index contributed by atoms with van der Waals surface area (Å²) in [5, 5.41) is 0. The second kappa shape index (κ2) is 4.20. The SMILES string of the molecule is C=C[C@@H]1O[C@H]1C#CCCCC. The van der Waals surface area contributed by atoms with Gasteiger partial charge in [-0.05, 0) is 6.42 Å². The predicted octanol–water partition coefficient (Wildman–Crippen LogP) is 2.13. The maximum Gasteiger partial charge on any atom is 0.148 e. The average molecular weight is 150 g/mol. The number of rotatable bonds is 3. The highest BCUT2D eigenvalue weighted by Crippen LogP contribution is 2.21. The largest absolute Gasteiger partial charge is 0.351 e. The molecule has 0 aromatic rings. The smallest absolute Gasteiger partial charge is 0.148 e. The van der Waals surface area contributed by atoms with E-state index in [4.69, 9.17) is 4.74 Å². The third-order valence-corrected chi connectivity index (χ3v) is 1.66. The molecule has 0 bridgehead atoms. The number of hydrogen-bond acceptors (Lipinski definition) is 1. The van der Waals surface area contributed by atoms with Gasteiger partial charge in [0.05, 0.1) is 0 Å². The Labute approximate surface area is 68.4 Å². The molecule has 2 atom stereocenters. The first-order valence-corrected chi connectivity index (χ1v) is 4.15. The zero-order chi connectivity index (χ0) is 8.10. The van der Waals surface area contributed by atoms with Gasteiger partial charge in [0.25, 0.3) is 0 Å². The van der Waals surface area contributed by atoms with E-state index >= 15 is 0 Å². The molecule has 1 aliphatic heterocycles. The lowest BCUT2D eigenvalue weighted by Crippen LogP contribution is -1.83. The number of epoxide rings is 1. The monoisotopic (exact) mass is 150 g/mol. The molecule has 1 rings (SSSR count). The molecule has 0 unspecified atom stereocenters. The Morgan fingerprint density at radius 3 is 3.00 bits per heavy atom. The highest BCUT2D eigenvalue weighted by atomic mass is 16.6. The third kappa shape index (κ3) is 2.78. The van der Waals surface area contributed by atoms with E-state index in [9.17, 15) is 0 Å². The van der Waals surface area contributed by atoms with Crippen molar-refractivity contribution in [3.05, 3.63) is 12.7 Å². The van der Waals surface area contributed by atoms with Crippen LogP contribution in [0.1, 0.15) is 26.2 Å². The van der Waals surface area contributed by atoms with Gasteiger partial charge in [-0.15, -0.1) is 12.5 Å². The summed E-state index contributed by atoms with van der Waals surface area (Å²) < 4.78 is 5.15. The fourth-order valence-electron chi connectivity index (χ4n) is 0.857. The molecule has 1 heteroatoms. The Balaban J connectivity index is 2.09. The highest BCUT2D eigenvalue weighted by Gasteiger charge is 2.33. The van der Waals surface area contributed by atoms with Gasteiger partial charge in [0.2, 0.25) is 0 Å². The standard InChI is InChI=1S/C10H14O/c1-3-5-6-7-8-10-9(4-2)11-10/h4,9-10H,2-3,5-6H2,1H3/t9-,10-/m0/s1. The van der Waals surface area contributed by atoms with Crippen molar-refractivity contribution in [3.63, 3.8) is 0 Å². The van der Waals surface area contributed by atoms with Crippen molar-refractivity contribution in [2.75, 3.05) is 0 Å². The molecule has 0 aromatic carbocycles. The van der Waals surface area contributed by atoms with E-state index in [2.05, 4.69) is 25.3 Å². The minimum absolute atomic E-state index is 0.157. The van der Waals surface area contributed by atoms with Crippen molar-refractivity contribution in [3.8, 4) is 11.8 Å². The molecule has 1 heterocycles. The molecule has 60 valence electrons. The van der Waals surface area contributed by atoms with E-state index in [0.29, 0.717) is 0 Å². The van der Waals surface area contributed by atoms with Gasteiger partial charge in [0, 0.05) is 6.42 Å². The summed E-state index contributed by atoms with van der Waals surface area (Å²) in [6.45, 7) is 5.79. The van der Waals surface area contributed by atoms with E-state index < -0.39 is 0 Å². The van der Waals surface area contributed by atoms with Gasteiger partial charge in [0.1, 0.15) is 12.2 Å². The van der Waals surface area contributed by atoms with Crippen molar-refractivity contribution >= 4 is 0 Å². The van der Waals surface area contributed by atoms with Gasteiger partial charge in [-0.2, -0.15) is 0 Å². The molecule has 0 spiro atoms. The van der Waals surface area contributed by atoms with Crippen molar-refractivity contribution in [2.24, 2.45) is 0 Å². The Kier molecular flexibility index (Phi) is 3.19. The molecule has 0 N–H and O–H groups in total. The van der Waals surface area contributed by atoms with E-state index in [-0.39, 0.29) is 12.2 Å². The quantitative estimate of drug-likeness (QED) is 0.260. The molecular formula is C10H14O. The molecule has 1 fully saturated rings. The summed E-state index contributed by atoms with van der Waals surface area (Å²) in [7, 11) is 0. The zero-order valence-electron chi connectivity index (χ0n) is 6.97. The van der Waals surface area contributed by atoms with Gasteiger partial charge in [-0.1, -0.05) is 25.3 Å². The summed E-state index contributed by atoms with van der Waals surface area (Å²) in [5.41, 5.74) is 0. The topological polar surface area (TPSA) is 12.5 Å². The Morgan fingerprint density at radius 2 is 2.45 bits per heavy atom. The van der Waals surface area contributed by atoms with Crippen LogP contribution in [-0.2, 0) is 4.74 Å². The maximum absolute atomic E-state index is 5.15. The van der Waals surface area contributed by atoms with Crippen LogP contribution in [0.4, 0.5) is 0 Å². The van der Waals surface area contributed by atoms with Crippen molar-refractivity contribution < 1.29 is 4.74 Å². The second-order valence-corrected chi connectivity index (χ2v) is 2.68. The molecule has 0 amide bonds. The fourth-order valence-corrected chi connectivity index (χ4v) is 0.857. The second-order valence-electron chi connectivity index (χ2n) is 2.68. The summed E-state index contributed by atoms with van der Waals surface area (Å²) in [4.78, 5) is 0. The van der Waals surface area contributed by atoms with Crippen LogP contribution in [-0.4, -0.2) is 12.2 Å². The molecule has 1 saturated heterocycles. The van der Waals surface area contributed by atoms with Crippen LogP contribution in [0, 0.1) is 11.8 Å². The Bertz CT molecular complexity index is 185. The molecule has 1 nitrogen and oxygen atoms in total. The molecular weight excluding hydrogens is 136 g/mol. The van der Waals surface area contributed by atoms with Crippen LogP contribution >= 0.6 is 0 Å². The van der Waals surface area contributed by atoms with Gasteiger partial charge < -0.3 is 4.74 Å². The normalized spacial score (nSPS) is 27.0. The maximum atomic E-state index is 5.15. The van der Waals surface area contributed by atoms with E-state index in [0.717, 1.165) is 6.42 Å². The van der Waals surface area contributed by atoms with Gasteiger partial charge in [0.15, 0.2) is 0 Å². The first-order chi connectivity index (χ1) is 5.38. The van der Waals surface area contributed by atoms with Crippen LogP contribution in [0.3, 0.4) is 0 Å². The molecule has 11 heavy (non-hydrogen) atoms. The third-order valence-electron chi connectivity index (χ3n) is 1.66. The van der Waals surface area contributed by atoms with Crippen LogP contribution in [0.5, 0.6) is 0 Å². The first kappa shape index (κ1) is 8.36.